The third-order valence-electron chi connectivity index (χ3n) is 5.64. The summed E-state index contributed by atoms with van der Waals surface area (Å²) in [5, 5.41) is 0. The quantitative estimate of drug-likeness (QED) is 0.405. The second kappa shape index (κ2) is 8.42. The Bertz CT molecular complexity index is 1480. The van der Waals surface area contributed by atoms with Crippen LogP contribution in [0.1, 0.15) is 16.7 Å². The van der Waals surface area contributed by atoms with E-state index in [4.69, 9.17) is 11.5 Å². The summed E-state index contributed by atoms with van der Waals surface area (Å²) in [6.07, 6.45) is -3.59. The van der Waals surface area contributed by atoms with Gasteiger partial charge in [0.25, 0.3) is 5.91 Å². The predicted octanol–water partition coefficient (Wildman–Crippen LogP) is 4.37. The maximum atomic E-state index is 13.8. The first-order chi connectivity index (χ1) is 16.3. The molecule has 0 atom stereocenters. The van der Waals surface area contributed by atoms with Gasteiger partial charge in [-0.15, -0.1) is 0 Å². The molecule has 35 heavy (non-hydrogen) atoms. The van der Waals surface area contributed by atoms with E-state index >= 15 is 0 Å². The molecule has 0 unspecified atom stereocenters. The number of sulfone groups is 1. The first-order valence-electron chi connectivity index (χ1n) is 10.1. The minimum atomic E-state index is -4.65. The Morgan fingerprint density at radius 3 is 2.06 bits per heavy atom. The Hall–Kier alpha value is -3.86. The average Bonchev–Trinajstić information content (AvgIpc) is 3.11. The number of carbonyl (C=O) groups is 1. The summed E-state index contributed by atoms with van der Waals surface area (Å²) in [4.78, 5) is 14.8. The molecule has 6 nitrogen and oxygen atoms in total. The van der Waals surface area contributed by atoms with Gasteiger partial charge in [0.2, 0.25) is 0 Å². The number of nitrogens with zero attached hydrogens (tertiary/aromatic N) is 1. The fourth-order valence-electron chi connectivity index (χ4n) is 3.89. The van der Waals surface area contributed by atoms with Gasteiger partial charge in [0.1, 0.15) is 5.82 Å². The van der Waals surface area contributed by atoms with Crippen LogP contribution in [-0.4, -0.2) is 27.1 Å². The van der Waals surface area contributed by atoms with Gasteiger partial charge in [0.05, 0.1) is 28.3 Å². The maximum Gasteiger partial charge on any atom is 0.418 e. The lowest BCUT2D eigenvalue weighted by atomic mass is 9.96. The molecule has 3 aromatic rings. The molecule has 0 radical (unpaired) electrons. The fourth-order valence-corrected chi connectivity index (χ4v) is 4.52. The van der Waals surface area contributed by atoms with Gasteiger partial charge in [0.15, 0.2) is 9.84 Å². The van der Waals surface area contributed by atoms with Gasteiger partial charge in [-0.05, 0) is 59.2 Å². The molecule has 0 aliphatic carbocycles. The van der Waals surface area contributed by atoms with Crippen LogP contribution in [0.25, 0.3) is 11.1 Å². The van der Waals surface area contributed by atoms with Crippen molar-refractivity contribution >= 4 is 44.0 Å². The van der Waals surface area contributed by atoms with Crippen LogP contribution in [0.2, 0.25) is 0 Å². The zero-order valence-corrected chi connectivity index (χ0v) is 19.0. The molecule has 0 bridgehead atoms. The molecular weight excluding hydrogens is 486 g/mol. The minimum absolute atomic E-state index is 0.0471. The first-order valence-corrected chi connectivity index (χ1v) is 12.0. The van der Waals surface area contributed by atoms with Gasteiger partial charge in [0, 0.05) is 17.6 Å². The molecule has 182 valence electrons. The molecule has 1 aliphatic rings. The molecule has 0 aromatic heterocycles. The summed E-state index contributed by atoms with van der Waals surface area (Å²) in [5.41, 5.74) is 11.1. The van der Waals surface area contributed by atoms with E-state index in [0.717, 1.165) is 30.5 Å². The van der Waals surface area contributed by atoms with E-state index in [-0.39, 0.29) is 28.4 Å². The summed E-state index contributed by atoms with van der Waals surface area (Å²) < 4.78 is 76.8. The van der Waals surface area contributed by atoms with Crippen LogP contribution in [0.3, 0.4) is 0 Å². The van der Waals surface area contributed by atoms with Gasteiger partial charge in [-0.25, -0.2) is 12.8 Å². The Morgan fingerprint density at radius 2 is 1.51 bits per heavy atom. The SMILES string of the molecule is CS(=O)(=O)c1ccc(C2=C(c3ccc(F)c(N)c3)C(=O)N(c3ccc(C(F)(F)F)c(N)c3)C2)cc1. The first kappa shape index (κ1) is 24.3. The van der Waals surface area contributed by atoms with Crippen molar-refractivity contribution in [1.82, 2.24) is 0 Å². The highest BCUT2D eigenvalue weighted by atomic mass is 32.2. The number of benzene rings is 3. The van der Waals surface area contributed by atoms with E-state index in [1.807, 2.05) is 0 Å². The molecule has 0 saturated carbocycles. The van der Waals surface area contributed by atoms with Crippen LogP contribution in [0.5, 0.6) is 0 Å². The third kappa shape index (κ3) is 4.59. The second-order valence-corrected chi connectivity index (χ2v) is 10.1. The van der Waals surface area contributed by atoms with Crippen LogP contribution < -0.4 is 16.4 Å². The molecule has 0 spiro atoms. The standard InChI is InChI=1S/C24H19F4N3O3S/c1-35(33,34)16-6-2-13(3-7-16)17-12-31(15-5-8-18(20(29)11-15)24(26,27)28)23(32)22(17)14-4-9-19(25)21(30)10-14/h2-11H,12,29-30H2,1H3. The lowest BCUT2D eigenvalue weighted by molar-refractivity contribution is -0.136. The predicted molar refractivity (Wildman–Crippen MR) is 125 cm³/mol. The number of hydrogen-bond donors (Lipinski definition) is 2. The number of rotatable bonds is 4. The molecule has 4 rings (SSSR count). The van der Waals surface area contributed by atoms with E-state index in [1.165, 1.54) is 41.3 Å². The lowest BCUT2D eigenvalue weighted by Crippen LogP contribution is -2.27. The van der Waals surface area contributed by atoms with Gasteiger partial charge in [-0.3, -0.25) is 4.79 Å². The number of hydrogen-bond acceptors (Lipinski definition) is 5. The van der Waals surface area contributed by atoms with E-state index in [9.17, 15) is 30.8 Å². The number of nitrogens with two attached hydrogens (primary N) is 2. The molecule has 1 heterocycles. The van der Waals surface area contributed by atoms with E-state index in [2.05, 4.69) is 0 Å². The van der Waals surface area contributed by atoms with Crippen LogP contribution in [-0.2, 0) is 20.8 Å². The van der Waals surface area contributed by atoms with Crippen LogP contribution in [0.15, 0.2) is 65.6 Å². The molecule has 1 amide bonds. The van der Waals surface area contributed by atoms with E-state index in [1.54, 1.807) is 0 Å². The van der Waals surface area contributed by atoms with Crippen molar-refractivity contribution in [2.45, 2.75) is 11.1 Å². The number of anilines is 3. The van der Waals surface area contributed by atoms with E-state index < -0.39 is 39.0 Å². The van der Waals surface area contributed by atoms with Crippen molar-refractivity contribution in [1.29, 1.82) is 0 Å². The Morgan fingerprint density at radius 1 is 0.886 bits per heavy atom. The smallest absolute Gasteiger partial charge is 0.398 e. The monoisotopic (exact) mass is 505 g/mol. The van der Waals surface area contributed by atoms with Crippen molar-refractivity contribution in [2.75, 3.05) is 29.2 Å². The van der Waals surface area contributed by atoms with Gasteiger partial charge >= 0.3 is 6.18 Å². The summed E-state index contributed by atoms with van der Waals surface area (Å²) >= 11 is 0. The van der Waals surface area contributed by atoms with Gasteiger partial charge in [-0.1, -0.05) is 18.2 Å². The summed E-state index contributed by atoms with van der Waals surface area (Å²) in [6.45, 7) is -0.0471. The highest BCUT2D eigenvalue weighted by Gasteiger charge is 2.36. The molecule has 3 aromatic carbocycles. The van der Waals surface area contributed by atoms with Gasteiger partial charge < -0.3 is 16.4 Å². The second-order valence-electron chi connectivity index (χ2n) is 8.05. The van der Waals surface area contributed by atoms with Crippen LogP contribution >= 0.6 is 0 Å². The highest BCUT2D eigenvalue weighted by molar-refractivity contribution is 7.90. The number of nitrogen functional groups attached to an aromatic ring is 2. The summed E-state index contributed by atoms with van der Waals surface area (Å²) in [7, 11) is -3.46. The number of carbonyl (C=O) groups excluding carboxylic acids is 1. The Labute approximate surface area is 198 Å². The largest absolute Gasteiger partial charge is 0.418 e. The van der Waals surface area contributed by atoms with Crippen molar-refractivity contribution in [3.63, 3.8) is 0 Å². The summed E-state index contributed by atoms with van der Waals surface area (Å²) in [6, 6.07) is 12.6. The third-order valence-corrected chi connectivity index (χ3v) is 6.77. The van der Waals surface area contributed by atoms with Crippen LogP contribution in [0, 0.1) is 5.82 Å². The normalized spacial score (nSPS) is 14.7. The van der Waals surface area contributed by atoms with Crippen molar-refractivity contribution < 1.29 is 30.8 Å². The molecule has 1 aliphatic heterocycles. The highest BCUT2D eigenvalue weighted by Crippen LogP contribution is 2.40. The molecule has 11 heteroatoms. The number of alkyl halides is 3. The van der Waals surface area contributed by atoms with Gasteiger partial charge in [-0.2, -0.15) is 13.2 Å². The minimum Gasteiger partial charge on any atom is -0.398 e. The number of halogens is 4. The Kier molecular flexibility index (Phi) is 5.84. The van der Waals surface area contributed by atoms with Crippen LogP contribution in [0.4, 0.5) is 34.6 Å². The van der Waals surface area contributed by atoms with Crippen molar-refractivity contribution in [3.05, 3.63) is 83.2 Å². The van der Waals surface area contributed by atoms with Crippen molar-refractivity contribution in [3.8, 4) is 0 Å². The molecule has 4 N–H and O–H groups in total. The zero-order chi connectivity index (χ0) is 25.7. The fraction of sp³-hybridized carbons (Fsp3) is 0.125. The molecule has 0 saturated heterocycles. The summed E-state index contributed by atoms with van der Waals surface area (Å²) in [5.74, 6) is -1.23. The van der Waals surface area contributed by atoms with E-state index in [0.29, 0.717) is 16.7 Å². The Balaban J connectivity index is 1.83. The van der Waals surface area contributed by atoms with Crippen molar-refractivity contribution in [2.24, 2.45) is 0 Å². The average molecular weight is 505 g/mol. The zero-order valence-electron chi connectivity index (χ0n) is 18.2. The molecule has 0 fully saturated rings. The lowest BCUT2D eigenvalue weighted by Gasteiger charge is -2.19. The maximum absolute atomic E-state index is 13.8. The number of amides is 1. The topological polar surface area (TPSA) is 106 Å². The molecular formula is C24H19F4N3O3S.